The predicted molar refractivity (Wildman–Crippen MR) is 96.0 cm³/mol. The molecule has 142 valence electrons. The average molecular weight is 362 g/mol. The van der Waals surface area contributed by atoms with Gasteiger partial charge in [0.1, 0.15) is 12.2 Å². The molecule has 0 aromatic heterocycles. The normalized spacial score (nSPS) is 37.0. The van der Waals surface area contributed by atoms with Crippen molar-refractivity contribution in [2.45, 2.75) is 58.5 Å². The first-order valence-corrected chi connectivity index (χ1v) is 8.62. The number of esters is 2. The molecule has 1 aliphatic heterocycles. The highest BCUT2D eigenvalue weighted by molar-refractivity contribution is 5.92. The van der Waals surface area contributed by atoms with Gasteiger partial charge in [-0.15, -0.1) is 0 Å². The number of fused-ring (bicyclic) bond motifs is 1. The van der Waals surface area contributed by atoms with Crippen molar-refractivity contribution in [3.8, 4) is 0 Å². The fourth-order valence-electron chi connectivity index (χ4n) is 3.00. The smallest absolute Gasteiger partial charge is 0.334 e. The molecule has 0 spiro atoms. The summed E-state index contributed by atoms with van der Waals surface area (Å²) in [4.78, 5) is 24.3. The third kappa shape index (κ3) is 4.14. The molecule has 6 nitrogen and oxygen atoms in total. The molecule has 1 aliphatic carbocycles. The Morgan fingerprint density at radius 1 is 1.27 bits per heavy atom. The fraction of sp³-hybridized carbons (Fsp3) is 0.500. The molecular formula is C20H26O6. The zero-order valence-electron chi connectivity index (χ0n) is 15.6. The molecule has 2 rings (SSSR count). The Bertz CT molecular complexity index is 699. The summed E-state index contributed by atoms with van der Waals surface area (Å²) in [5.41, 5.74) is 1.75. The molecule has 2 N–H and O–H groups in total. The monoisotopic (exact) mass is 362 g/mol. The van der Waals surface area contributed by atoms with E-state index in [1.165, 1.54) is 0 Å². The summed E-state index contributed by atoms with van der Waals surface area (Å²) in [6.07, 6.45) is 1.68. The van der Waals surface area contributed by atoms with Gasteiger partial charge in [0.15, 0.2) is 0 Å². The number of hydrogen-bond donors (Lipinski definition) is 2. The van der Waals surface area contributed by atoms with Crippen molar-refractivity contribution in [2.24, 2.45) is 5.92 Å². The minimum atomic E-state index is -0.903. The summed E-state index contributed by atoms with van der Waals surface area (Å²) in [6.45, 7) is 10.6. The van der Waals surface area contributed by atoms with Crippen LogP contribution in [-0.2, 0) is 19.1 Å². The molecule has 1 saturated heterocycles. The van der Waals surface area contributed by atoms with Crippen LogP contribution in [0.25, 0.3) is 0 Å². The van der Waals surface area contributed by atoms with Gasteiger partial charge in [-0.05, 0) is 51.0 Å². The van der Waals surface area contributed by atoms with E-state index in [1.54, 1.807) is 45.9 Å². The van der Waals surface area contributed by atoms with Gasteiger partial charge in [-0.1, -0.05) is 12.7 Å². The summed E-state index contributed by atoms with van der Waals surface area (Å²) in [5.74, 6) is -1.70. The van der Waals surface area contributed by atoms with E-state index in [4.69, 9.17) is 9.47 Å². The number of carbonyl (C=O) groups excluding carboxylic acids is 2. The van der Waals surface area contributed by atoms with Crippen molar-refractivity contribution in [3.05, 3.63) is 47.1 Å². The number of rotatable bonds is 2. The first-order valence-electron chi connectivity index (χ1n) is 8.62. The Kier molecular flexibility index (Phi) is 6.21. The Hall–Kier alpha value is -2.18. The molecule has 0 aromatic rings. The number of ether oxygens (including phenoxy) is 2. The number of carbonyl (C=O) groups is 2. The Balaban J connectivity index is 2.50. The predicted octanol–water partition coefficient (Wildman–Crippen LogP) is 1.98. The van der Waals surface area contributed by atoms with E-state index >= 15 is 0 Å². The third-order valence-corrected chi connectivity index (χ3v) is 4.97. The number of aliphatic hydroxyl groups is 2. The highest BCUT2D eigenvalue weighted by atomic mass is 16.6. The average Bonchev–Trinajstić information content (AvgIpc) is 2.86. The van der Waals surface area contributed by atoms with Gasteiger partial charge in [0, 0.05) is 17.6 Å². The molecule has 6 heteroatoms. The molecule has 0 unspecified atom stereocenters. The zero-order chi connectivity index (χ0) is 19.6. The fourth-order valence-corrected chi connectivity index (χ4v) is 3.00. The lowest BCUT2D eigenvalue weighted by Crippen LogP contribution is -2.34. The summed E-state index contributed by atoms with van der Waals surface area (Å²) >= 11 is 0. The second kappa shape index (κ2) is 8.01. The lowest BCUT2D eigenvalue weighted by molar-refractivity contribution is -0.144. The standard InChI is InChI=1S/C20H26O6/c1-6-10(2)19(23)25-16-7-11(3)14(21)9-15(22)12(4)8-17-18(16)13(5)20(24)26-17/h6-8,14-18,21-22H,5,9H2,1-4H3/b10-6-,11-7-,12-8-/t14-,15-,16+,17-,18+/m0/s1. The van der Waals surface area contributed by atoms with Crippen molar-refractivity contribution in [1.29, 1.82) is 0 Å². The van der Waals surface area contributed by atoms with Crippen molar-refractivity contribution < 1.29 is 29.3 Å². The first kappa shape index (κ1) is 20.1. The second-order valence-corrected chi connectivity index (χ2v) is 6.85. The quantitative estimate of drug-likeness (QED) is 0.443. The minimum absolute atomic E-state index is 0.103. The van der Waals surface area contributed by atoms with Gasteiger partial charge in [0.25, 0.3) is 0 Å². The van der Waals surface area contributed by atoms with Gasteiger partial charge in [-0.25, -0.2) is 9.59 Å². The summed E-state index contributed by atoms with van der Waals surface area (Å²) in [5, 5.41) is 20.6. The van der Waals surface area contributed by atoms with E-state index in [0.717, 1.165) is 0 Å². The van der Waals surface area contributed by atoms with Crippen LogP contribution in [0.2, 0.25) is 0 Å². The van der Waals surface area contributed by atoms with E-state index in [1.807, 2.05) is 0 Å². The van der Waals surface area contributed by atoms with Gasteiger partial charge >= 0.3 is 11.9 Å². The SMILES string of the molecule is C=C1C(=O)O[C@H]2/C=C(/C)[C@@H](O)C[C@H](O)/C(C)=C\[C@@H](OC(=O)/C(C)=C\C)[C@@H]12. The highest BCUT2D eigenvalue weighted by Crippen LogP contribution is 2.35. The molecule has 0 bridgehead atoms. The van der Waals surface area contributed by atoms with E-state index in [2.05, 4.69) is 6.58 Å². The zero-order valence-corrected chi connectivity index (χ0v) is 15.6. The van der Waals surface area contributed by atoms with Crippen LogP contribution in [0.1, 0.15) is 34.1 Å². The van der Waals surface area contributed by atoms with Crippen LogP contribution in [0.5, 0.6) is 0 Å². The lowest BCUT2D eigenvalue weighted by Gasteiger charge is -2.27. The van der Waals surface area contributed by atoms with Crippen LogP contribution < -0.4 is 0 Å². The van der Waals surface area contributed by atoms with E-state index in [-0.39, 0.29) is 12.0 Å². The Morgan fingerprint density at radius 3 is 2.42 bits per heavy atom. The molecule has 5 atom stereocenters. The molecule has 2 aliphatic rings. The maximum absolute atomic E-state index is 12.3. The largest absolute Gasteiger partial charge is 0.454 e. The van der Waals surface area contributed by atoms with Crippen molar-refractivity contribution in [2.75, 3.05) is 0 Å². The molecule has 26 heavy (non-hydrogen) atoms. The maximum atomic E-state index is 12.3. The highest BCUT2D eigenvalue weighted by Gasteiger charge is 2.44. The maximum Gasteiger partial charge on any atom is 0.334 e. The van der Waals surface area contributed by atoms with Gasteiger partial charge in [-0.3, -0.25) is 0 Å². The van der Waals surface area contributed by atoms with Crippen molar-refractivity contribution in [3.63, 3.8) is 0 Å². The number of allylic oxidation sites excluding steroid dienone is 1. The summed E-state index contributed by atoms with van der Waals surface area (Å²) in [6, 6.07) is 0. The minimum Gasteiger partial charge on any atom is -0.454 e. The molecule has 1 heterocycles. The van der Waals surface area contributed by atoms with Crippen molar-refractivity contribution >= 4 is 11.9 Å². The summed E-state index contributed by atoms with van der Waals surface area (Å²) in [7, 11) is 0. The van der Waals surface area contributed by atoms with Gasteiger partial charge < -0.3 is 19.7 Å². The van der Waals surface area contributed by atoms with Crippen LogP contribution in [0.4, 0.5) is 0 Å². The van der Waals surface area contributed by atoms with E-state index in [9.17, 15) is 19.8 Å². The molecule has 1 fully saturated rings. The van der Waals surface area contributed by atoms with Crippen LogP contribution in [-0.4, -0.2) is 46.6 Å². The topological polar surface area (TPSA) is 93.1 Å². The van der Waals surface area contributed by atoms with E-state index < -0.39 is 42.3 Å². The Morgan fingerprint density at radius 2 is 1.85 bits per heavy atom. The van der Waals surface area contributed by atoms with Crippen LogP contribution in [0, 0.1) is 5.92 Å². The number of hydrogen-bond acceptors (Lipinski definition) is 6. The molecule has 0 saturated carbocycles. The van der Waals surface area contributed by atoms with Crippen molar-refractivity contribution in [1.82, 2.24) is 0 Å². The van der Waals surface area contributed by atoms with Crippen LogP contribution in [0.15, 0.2) is 47.1 Å². The van der Waals surface area contributed by atoms with Crippen LogP contribution in [0.3, 0.4) is 0 Å². The van der Waals surface area contributed by atoms with Gasteiger partial charge in [0.05, 0.1) is 18.1 Å². The number of aliphatic hydroxyl groups excluding tert-OH is 2. The van der Waals surface area contributed by atoms with Gasteiger partial charge in [-0.2, -0.15) is 0 Å². The first-order chi connectivity index (χ1) is 12.1. The van der Waals surface area contributed by atoms with E-state index in [0.29, 0.717) is 16.7 Å². The lowest BCUT2D eigenvalue weighted by atomic mass is 9.86. The Labute approximate surface area is 153 Å². The molecule has 0 aromatic carbocycles. The van der Waals surface area contributed by atoms with Gasteiger partial charge in [0.2, 0.25) is 0 Å². The third-order valence-electron chi connectivity index (χ3n) is 4.97. The van der Waals surface area contributed by atoms with Crippen LogP contribution >= 0.6 is 0 Å². The molecular weight excluding hydrogens is 336 g/mol. The molecule has 0 amide bonds. The summed E-state index contributed by atoms with van der Waals surface area (Å²) < 4.78 is 11.0. The molecule has 0 radical (unpaired) electrons. The second-order valence-electron chi connectivity index (χ2n) is 6.85.